The van der Waals surface area contributed by atoms with Crippen molar-refractivity contribution in [2.75, 3.05) is 47.1 Å². The molecule has 1 fully saturated rings. The number of aromatic nitrogens is 1. The minimum atomic E-state index is -0.886. The zero-order valence-corrected chi connectivity index (χ0v) is 38.7. The molecule has 1 aliphatic rings. The molecule has 3 rings (SSSR count). The molecule has 0 spiro atoms. The Morgan fingerprint density at radius 2 is 1.33 bits per heavy atom. The number of ether oxygens (including phenoxy) is 5. The number of likely N-dealkylation sites (tertiary alicyclic amines) is 1. The molecule has 4 amide bonds. The van der Waals surface area contributed by atoms with Crippen LogP contribution in [0.25, 0.3) is 0 Å². The molecular formula is C47H73ClN4O11. The Labute approximate surface area is 380 Å². The summed E-state index contributed by atoms with van der Waals surface area (Å²) in [5, 5.41) is 11.5. The van der Waals surface area contributed by atoms with E-state index in [0.717, 1.165) is 49.1 Å². The van der Waals surface area contributed by atoms with Gasteiger partial charge < -0.3 is 51.4 Å². The summed E-state index contributed by atoms with van der Waals surface area (Å²) in [4.78, 5) is 65.6. The zero-order chi connectivity index (χ0) is 44.8. The van der Waals surface area contributed by atoms with Gasteiger partial charge in [-0.3, -0.25) is 9.59 Å². The van der Waals surface area contributed by atoms with Crippen molar-refractivity contribution in [2.45, 2.75) is 154 Å². The van der Waals surface area contributed by atoms with Crippen LogP contribution in [0.4, 0.5) is 14.4 Å². The lowest BCUT2D eigenvalue weighted by molar-refractivity contribution is -0.701. The summed E-state index contributed by atoms with van der Waals surface area (Å²) in [6.45, 7) is 3.39. The second-order valence-electron chi connectivity index (χ2n) is 15.9. The van der Waals surface area contributed by atoms with Gasteiger partial charge in [0, 0.05) is 58.1 Å². The maximum absolute atomic E-state index is 13.7. The van der Waals surface area contributed by atoms with Crippen molar-refractivity contribution in [3.8, 4) is 5.75 Å². The number of amides is 4. The number of benzene rings is 1. The molecule has 354 valence electrons. The molecule has 0 bridgehead atoms. The fourth-order valence-corrected chi connectivity index (χ4v) is 7.41. The van der Waals surface area contributed by atoms with Crippen LogP contribution in [-0.2, 0) is 36.8 Å². The fraction of sp³-hybridized carbons (Fsp3) is 0.660. The van der Waals surface area contributed by atoms with Crippen LogP contribution in [0.5, 0.6) is 5.75 Å². The van der Waals surface area contributed by atoms with Crippen molar-refractivity contribution < 1.29 is 69.7 Å². The topological polar surface area (TPSA) is 174 Å². The maximum Gasteiger partial charge on any atom is 0.417 e. The smallest absolute Gasteiger partial charge is 0.417 e. The first-order chi connectivity index (χ1) is 30.2. The van der Waals surface area contributed by atoms with E-state index in [1.807, 2.05) is 35.9 Å². The van der Waals surface area contributed by atoms with Crippen molar-refractivity contribution in [1.29, 1.82) is 0 Å². The van der Waals surface area contributed by atoms with Crippen molar-refractivity contribution in [1.82, 2.24) is 15.1 Å². The van der Waals surface area contributed by atoms with Crippen molar-refractivity contribution in [3.63, 3.8) is 0 Å². The van der Waals surface area contributed by atoms with Crippen LogP contribution >= 0.6 is 0 Å². The Morgan fingerprint density at radius 3 is 1.90 bits per heavy atom. The standard InChI is InChI=1S/C47H72N4O11.ClH/c1-4-49-32-24-22-25-38(49)35-51(44(54)41-26-20-21-27-42(41)59-3)47(57)61-37-40(58-2)36-60-46(56)50-33-29-39(30-34-50)62-45(55)48-31-23-18-16-14-12-10-8-6-5-7-9-11-13-15-17-19-28-43(52)53;/h20-22,24-27,32,39-40H,4-19,23,28-31,33-37H2,1-3H3,(H-,48,52,53,55);1H/t40-;/m1./s1. The van der Waals surface area contributed by atoms with Gasteiger partial charge in [0.15, 0.2) is 6.20 Å². The quantitative estimate of drug-likeness (QED) is 0.0548. The van der Waals surface area contributed by atoms with Crippen LogP contribution in [-0.4, -0.2) is 104 Å². The van der Waals surface area contributed by atoms with Crippen molar-refractivity contribution in [3.05, 3.63) is 59.9 Å². The highest BCUT2D eigenvalue weighted by Gasteiger charge is 2.31. The van der Waals surface area contributed by atoms with Gasteiger partial charge in [-0.25, -0.2) is 23.9 Å². The molecule has 1 saturated heterocycles. The fourth-order valence-electron chi connectivity index (χ4n) is 7.41. The molecule has 16 heteroatoms. The number of carboxylic acids is 1. The third-order valence-electron chi connectivity index (χ3n) is 11.2. The van der Waals surface area contributed by atoms with Gasteiger partial charge in [0.25, 0.3) is 5.91 Å². The number of nitrogens with zero attached hydrogens (tertiary/aromatic N) is 3. The number of imide groups is 1. The van der Waals surface area contributed by atoms with Crippen LogP contribution in [0.3, 0.4) is 0 Å². The summed E-state index contributed by atoms with van der Waals surface area (Å²) in [6.07, 6.45) is 19.0. The number of methoxy groups -OCH3 is 2. The Morgan fingerprint density at radius 1 is 0.778 bits per heavy atom. The highest BCUT2D eigenvalue weighted by Crippen LogP contribution is 2.22. The number of piperidine rings is 1. The number of unbranched alkanes of at least 4 members (excludes halogenated alkanes) is 15. The van der Waals surface area contributed by atoms with E-state index < -0.39 is 36.3 Å². The number of carboxylic acid groups (broad SMARTS) is 1. The zero-order valence-electron chi connectivity index (χ0n) is 37.9. The monoisotopic (exact) mass is 904 g/mol. The number of aliphatic carboxylic acids is 1. The number of halogens is 1. The molecular weight excluding hydrogens is 832 g/mol. The first-order valence-electron chi connectivity index (χ1n) is 22.9. The van der Waals surface area contributed by atoms with E-state index in [2.05, 4.69) is 5.32 Å². The second kappa shape index (κ2) is 33.0. The van der Waals surface area contributed by atoms with Gasteiger partial charge in [-0.15, -0.1) is 0 Å². The molecule has 1 atom stereocenters. The van der Waals surface area contributed by atoms with Gasteiger partial charge in [0.2, 0.25) is 5.69 Å². The highest BCUT2D eigenvalue weighted by atomic mass is 35.5. The third kappa shape index (κ3) is 22.0. The lowest BCUT2D eigenvalue weighted by atomic mass is 10.0. The minimum Gasteiger partial charge on any atom is -1.00 e. The van der Waals surface area contributed by atoms with E-state index in [0.29, 0.717) is 51.2 Å². The Hall–Kier alpha value is -4.63. The van der Waals surface area contributed by atoms with Crippen LogP contribution in [0.2, 0.25) is 0 Å². The number of rotatable bonds is 30. The summed E-state index contributed by atoms with van der Waals surface area (Å²) in [6, 6.07) is 12.2. The molecule has 0 radical (unpaired) electrons. The first-order valence-corrected chi connectivity index (χ1v) is 22.9. The summed E-state index contributed by atoms with van der Waals surface area (Å²) >= 11 is 0. The predicted octanol–water partition coefficient (Wildman–Crippen LogP) is 5.84. The maximum atomic E-state index is 13.7. The van der Waals surface area contributed by atoms with E-state index in [4.69, 9.17) is 28.8 Å². The van der Waals surface area contributed by atoms with Crippen LogP contribution in [0.15, 0.2) is 48.7 Å². The van der Waals surface area contributed by atoms with E-state index >= 15 is 0 Å². The number of alkyl carbamates (subject to hydrolysis) is 1. The molecule has 2 N–H and O–H groups in total. The molecule has 0 saturated carbocycles. The SMILES string of the molecule is CC[n+]1ccccc1CN(C(=O)OC[C@@H](COC(=O)N1CCC(OC(=O)NCCCCCCCCCCCCCCCCCCC(=O)O)CC1)OC)C(=O)c1ccccc1OC.[Cl-]. The Kier molecular flexibility index (Phi) is 28.5. The molecule has 0 aliphatic carbocycles. The van der Waals surface area contributed by atoms with Crippen molar-refractivity contribution >= 4 is 30.2 Å². The van der Waals surface area contributed by atoms with Crippen LogP contribution in [0, 0.1) is 0 Å². The normalized spacial score (nSPS) is 13.0. The lowest BCUT2D eigenvalue weighted by Crippen LogP contribution is -3.00. The molecule has 1 aromatic carbocycles. The van der Waals surface area contributed by atoms with Gasteiger partial charge in [-0.1, -0.05) is 108 Å². The Bertz CT molecular complexity index is 1630. The van der Waals surface area contributed by atoms with E-state index in [1.165, 1.54) is 78.4 Å². The average Bonchev–Trinajstić information content (AvgIpc) is 3.28. The summed E-state index contributed by atoms with van der Waals surface area (Å²) < 4.78 is 29.4. The molecule has 63 heavy (non-hydrogen) atoms. The number of aryl methyl sites for hydroxylation is 1. The third-order valence-corrected chi connectivity index (χ3v) is 11.2. The number of carbonyl (C=O) groups excluding carboxylic acids is 4. The minimum absolute atomic E-state index is 0. The summed E-state index contributed by atoms with van der Waals surface area (Å²) in [5.41, 5.74) is 0.928. The van der Waals surface area contributed by atoms with E-state index in [-0.39, 0.29) is 43.8 Å². The second-order valence-corrected chi connectivity index (χ2v) is 15.9. The molecule has 0 unspecified atom stereocenters. The number of nitrogens with one attached hydrogen (secondary N) is 1. The number of pyridine rings is 1. The Balaban J connectivity index is 0.0000137. The molecule has 1 aliphatic heterocycles. The van der Waals surface area contributed by atoms with E-state index in [9.17, 15) is 24.0 Å². The number of para-hydroxylation sites is 1. The molecule has 2 aromatic rings. The lowest BCUT2D eigenvalue weighted by Gasteiger charge is -2.31. The van der Waals surface area contributed by atoms with Gasteiger partial charge in [-0.2, -0.15) is 0 Å². The van der Waals surface area contributed by atoms with Crippen LogP contribution < -0.4 is 27.0 Å². The van der Waals surface area contributed by atoms with E-state index in [1.54, 1.807) is 29.2 Å². The highest BCUT2D eigenvalue weighted by molar-refractivity contribution is 6.04. The average molecular weight is 906 g/mol. The first kappa shape index (κ1) is 54.5. The summed E-state index contributed by atoms with van der Waals surface area (Å²) in [5.74, 6) is -0.962. The summed E-state index contributed by atoms with van der Waals surface area (Å²) in [7, 11) is 2.87. The largest absolute Gasteiger partial charge is 1.00 e. The predicted molar refractivity (Wildman–Crippen MR) is 234 cm³/mol. The number of hydrogen-bond acceptors (Lipinski definition) is 10. The molecule has 15 nitrogen and oxygen atoms in total. The van der Waals surface area contributed by atoms with Crippen LogP contribution in [0.1, 0.15) is 145 Å². The van der Waals surface area contributed by atoms with Gasteiger partial charge in [-0.05, 0) is 31.9 Å². The number of carbonyl (C=O) groups is 5. The van der Waals surface area contributed by atoms with Gasteiger partial charge in [0.05, 0.1) is 12.7 Å². The van der Waals surface area contributed by atoms with Crippen molar-refractivity contribution in [2.24, 2.45) is 0 Å². The number of hydrogen-bond donors (Lipinski definition) is 2. The molecule has 2 heterocycles. The van der Waals surface area contributed by atoms with Gasteiger partial charge in [0.1, 0.15) is 44.3 Å². The van der Waals surface area contributed by atoms with Gasteiger partial charge >= 0.3 is 24.2 Å². The molecule has 1 aromatic heterocycles.